The van der Waals surface area contributed by atoms with Gasteiger partial charge in [0.1, 0.15) is 13.2 Å². The summed E-state index contributed by atoms with van der Waals surface area (Å²) in [5.41, 5.74) is 1.29. The molecule has 1 heterocycles. The first kappa shape index (κ1) is 14.7. The largest absolute Gasteiger partial charge is 0.486 e. The summed E-state index contributed by atoms with van der Waals surface area (Å²) < 4.78 is 12.4. The van der Waals surface area contributed by atoms with E-state index in [4.69, 9.17) is 9.47 Å². The summed E-state index contributed by atoms with van der Waals surface area (Å²) in [7, 11) is 0. The maximum absolute atomic E-state index is 5.71. The number of rotatable bonds is 2. The van der Waals surface area contributed by atoms with Gasteiger partial charge in [-0.3, -0.25) is 0 Å². The Kier molecular flexibility index (Phi) is 4.61. The van der Waals surface area contributed by atoms with Crippen LogP contribution in [-0.2, 0) is 0 Å². The lowest BCUT2D eigenvalue weighted by atomic mass is 9.80. The van der Waals surface area contributed by atoms with Crippen LogP contribution < -0.4 is 9.47 Å². The van der Waals surface area contributed by atoms with Gasteiger partial charge in [0.15, 0.2) is 11.5 Å². The number of halogens is 2. The predicted molar refractivity (Wildman–Crippen MR) is 87.9 cm³/mol. The molecule has 0 bridgehead atoms. The molecule has 1 atom stereocenters. The normalized spacial score (nSPS) is 27.1. The molecule has 1 saturated carbocycles. The Morgan fingerprint density at radius 1 is 1.05 bits per heavy atom. The van der Waals surface area contributed by atoms with E-state index < -0.39 is 0 Å². The fraction of sp³-hybridized carbons (Fsp3) is 0.625. The summed E-state index contributed by atoms with van der Waals surface area (Å²) in [5, 5.41) is 0. The van der Waals surface area contributed by atoms with Gasteiger partial charge in [0, 0.05) is 9.30 Å². The van der Waals surface area contributed by atoms with Gasteiger partial charge in [0.05, 0.1) is 0 Å². The van der Waals surface area contributed by atoms with Gasteiger partial charge in [-0.1, -0.05) is 51.6 Å². The molecular formula is C16H20Br2O2. The average molecular weight is 404 g/mol. The van der Waals surface area contributed by atoms with Gasteiger partial charge in [0.2, 0.25) is 0 Å². The lowest BCUT2D eigenvalue weighted by molar-refractivity contribution is 0.171. The van der Waals surface area contributed by atoms with Crippen LogP contribution in [0.15, 0.2) is 16.6 Å². The standard InChI is InChI=1S/C16H20Br2O2/c1-10-2-4-11(5-3-10)16(18)12-8-14-15(9-13(12)17)20-7-6-19-14/h8-11,16H,2-7H2,1H3. The number of ether oxygens (including phenoxy) is 2. The second-order valence-corrected chi connectivity index (χ2v) is 7.78. The highest BCUT2D eigenvalue weighted by Gasteiger charge is 2.28. The second-order valence-electron chi connectivity index (χ2n) is 5.94. The minimum Gasteiger partial charge on any atom is -0.486 e. The zero-order chi connectivity index (χ0) is 14.1. The van der Waals surface area contributed by atoms with E-state index in [2.05, 4.69) is 44.8 Å². The minimum atomic E-state index is 0.389. The van der Waals surface area contributed by atoms with Crippen LogP contribution in [0, 0.1) is 11.8 Å². The first-order valence-corrected chi connectivity index (χ1v) is 9.09. The van der Waals surface area contributed by atoms with Crippen LogP contribution in [0.4, 0.5) is 0 Å². The molecule has 1 unspecified atom stereocenters. The van der Waals surface area contributed by atoms with Crippen molar-refractivity contribution in [2.45, 2.75) is 37.4 Å². The molecule has 1 aromatic carbocycles. The van der Waals surface area contributed by atoms with Crippen LogP contribution in [0.25, 0.3) is 0 Å². The SMILES string of the molecule is CC1CCC(C(Br)c2cc3c(cc2Br)OCCO3)CC1. The summed E-state index contributed by atoms with van der Waals surface area (Å²) >= 11 is 7.61. The first-order chi connectivity index (χ1) is 9.65. The van der Waals surface area contributed by atoms with Crippen molar-refractivity contribution in [1.82, 2.24) is 0 Å². The van der Waals surface area contributed by atoms with Crippen LogP contribution in [0.5, 0.6) is 11.5 Å². The summed E-state index contributed by atoms with van der Waals surface area (Å²) in [6.45, 7) is 3.64. The van der Waals surface area contributed by atoms with E-state index in [-0.39, 0.29) is 0 Å². The highest BCUT2D eigenvalue weighted by Crippen LogP contribution is 2.46. The third-order valence-corrected chi connectivity index (χ3v) is 6.36. The number of hydrogen-bond donors (Lipinski definition) is 0. The smallest absolute Gasteiger partial charge is 0.162 e. The molecule has 0 amide bonds. The molecule has 0 radical (unpaired) electrons. The predicted octanol–water partition coefficient (Wildman–Crippen LogP) is 5.48. The third-order valence-electron chi connectivity index (χ3n) is 4.43. The third kappa shape index (κ3) is 3.01. The molecule has 0 saturated heterocycles. The van der Waals surface area contributed by atoms with Gasteiger partial charge in [-0.2, -0.15) is 0 Å². The molecule has 2 nitrogen and oxygen atoms in total. The van der Waals surface area contributed by atoms with Crippen LogP contribution in [0.2, 0.25) is 0 Å². The first-order valence-electron chi connectivity index (χ1n) is 7.38. The lowest BCUT2D eigenvalue weighted by Gasteiger charge is -2.31. The average Bonchev–Trinajstić information content (AvgIpc) is 2.46. The van der Waals surface area contributed by atoms with Gasteiger partial charge in [-0.25, -0.2) is 0 Å². The Bertz CT molecular complexity index is 482. The molecule has 2 aliphatic rings. The van der Waals surface area contributed by atoms with Crippen molar-refractivity contribution >= 4 is 31.9 Å². The Labute approximate surface area is 137 Å². The van der Waals surface area contributed by atoms with Gasteiger partial charge in [-0.15, -0.1) is 0 Å². The molecule has 1 aromatic rings. The quantitative estimate of drug-likeness (QED) is 0.608. The van der Waals surface area contributed by atoms with Crippen molar-refractivity contribution in [3.8, 4) is 11.5 Å². The number of hydrogen-bond acceptors (Lipinski definition) is 2. The highest BCUT2D eigenvalue weighted by molar-refractivity contribution is 9.11. The monoisotopic (exact) mass is 402 g/mol. The maximum atomic E-state index is 5.71. The van der Waals surface area contributed by atoms with Crippen molar-refractivity contribution in [3.05, 3.63) is 22.2 Å². The number of fused-ring (bicyclic) bond motifs is 1. The van der Waals surface area contributed by atoms with Crippen LogP contribution in [-0.4, -0.2) is 13.2 Å². The summed E-state index contributed by atoms with van der Waals surface area (Å²) in [4.78, 5) is 0.389. The van der Waals surface area contributed by atoms with Crippen LogP contribution in [0.1, 0.15) is 43.0 Å². The minimum absolute atomic E-state index is 0.389. The van der Waals surface area contributed by atoms with Gasteiger partial charge in [0.25, 0.3) is 0 Å². The van der Waals surface area contributed by atoms with Gasteiger partial charge < -0.3 is 9.47 Å². The van der Waals surface area contributed by atoms with Crippen molar-refractivity contribution < 1.29 is 9.47 Å². The summed E-state index contributed by atoms with van der Waals surface area (Å²) in [6.07, 6.45) is 5.29. The number of alkyl halides is 1. The molecule has 0 N–H and O–H groups in total. The molecule has 1 fully saturated rings. The van der Waals surface area contributed by atoms with Crippen molar-refractivity contribution in [3.63, 3.8) is 0 Å². The second kappa shape index (κ2) is 6.27. The molecule has 1 aliphatic carbocycles. The van der Waals surface area contributed by atoms with E-state index in [1.807, 2.05) is 6.07 Å². The maximum Gasteiger partial charge on any atom is 0.162 e. The topological polar surface area (TPSA) is 18.5 Å². The van der Waals surface area contributed by atoms with E-state index in [1.165, 1.54) is 31.2 Å². The molecule has 20 heavy (non-hydrogen) atoms. The van der Waals surface area contributed by atoms with E-state index in [9.17, 15) is 0 Å². The Morgan fingerprint density at radius 3 is 2.30 bits per heavy atom. The Balaban J connectivity index is 1.82. The zero-order valence-corrected chi connectivity index (χ0v) is 14.9. The zero-order valence-electron chi connectivity index (χ0n) is 11.7. The molecule has 110 valence electrons. The molecule has 0 aromatic heterocycles. The molecule has 3 rings (SSSR count). The molecular weight excluding hydrogens is 384 g/mol. The molecule has 4 heteroatoms. The fourth-order valence-corrected chi connectivity index (χ4v) is 4.91. The summed E-state index contributed by atoms with van der Waals surface area (Å²) in [5.74, 6) is 3.33. The van der Waals surface area contributed by atoms with Gasteiger partial charge in [-0.05, 0) is 42.4 Å². The van der Waals surface area contributed by atoms with E-state index in [1.54, 1.807) is 0 Å². The van der Waals surface area contributed by atoms with E-state index in [0.29, 0.717) is 24.0 Å². The highest BCUT2D eigenvalue weighted by atomic mass is 79.9. The lowest BCUT2D eigenvalue weighted by Crippen LogP contribution is -2.18. The Hall–Kier alpha value is -0.220. The van der Waals surface area contributed by atoms with Crippen molar-refractivity contribution in [2.75, 3.05) is 13.2 Å². The molecule has 1 aliphatic heterocycles. The van der Waals surface area contributed by atoms with E-state index >= 15 is 0 Å². The van der Waals surface area contributed by atoms with Crippen molar-refractivity contribution in [2.24, 2.45) is 11.8 Å². The van der Waals surface area contributed by atoms with Crippen LogP contribution in [0.3, 0.4) is 0 Å². The summed E-state index contributed by atoms with van der Waals surface area (Å²) in [6, 6.07) is 4.18. The van der Waals surface area contributed by atoms with E-state index in [0.717, 1.165) is 21.9 Å². The number of benzene rings is 1. The fourth-order valence-electron chi connectivity index (χ4n) is 3.12. The van der Waals surface area contributed by atoms with Crippen LogP contribution >= 0.6 is 31.9 Å². The molecule has 0 spiro atoms. The Morgan fingerprint density at radius 2 is 1.65 bits per heavy atom. The van der Waals surface area contributed by atoms with Gasteiger partial charge >= 0.3 is 0 Å². The van der Waals surface area contributed by atoms with Crippen molar-refractivity contribution in [1.29, 1.82) is 0 Å².